The second-order valence-corrected chi connectivity index (χ2v) is 10.8. The molecule has 3 amide bonds. The maximum absolute atomic E-state index is 13.4. The van der Waals surface area contributed by atoms with Gasteiger partial charge in [0.15, 0.2) is 0 Å². The quantitative estimate of drug-likeness (QED) is 0.646. The van der Waals surface area contributed by atoms with Crippen molar-refractivity contribution in [3.8, 4) is 0 Å². The monoisotopic (exact) mass is 482 g/mol. The number of carbonyl (C=O) groups is 3. The van der Waals surface area contributed by atoms with Gasteiger partial charge in [-0.2, -0.15) is 4.31 Å². The van der Waals surface area contributed by atoms with Gasteiger partial charge in [-0.25, -0.2) is 8.42 Å². The van der Waals surface area contributed by atoms with Crippen LogP contribution in [0.15, 0.2) is 48.5 Å². The molecule has 0 radical (unpaired) electrons. The van der Waals surface area contributed by atoms with Gasteiger partial charge >= 0.3 is 0 Å². The van der Waals surface area contributed by atoms with Gasteiger partial charge in [-0.15, -0.1) is 0 Å². The van der Waals surface area contributed by atoms with E-state index in [2.05, 4.69) is 0 Å². The molecule has 3 aliphatic heterocycles. The van der Waals surface area contributed by atoms with Crippen LogP contribution in [-0.4, -0.2) is 79.2 Å². The van der Waals surface area contributed by atoms with Crippen molar-refractivity contribution in [2.45, 2.75) is 19.0 Å². The highest BCUT2D eigenvalue weighted by molar-refractivity contribution is 7.88. The smallest absolute Gasteiger partial charge is 0.260 e. The number of benzene rings is 2. The van der Waals surface area contributed by atoms with Crippen LogP contribution in [0, 0.1) is 0 Å². The second kappa shape index (κ2) is 8.52. The van der Waals surface area contributed by atoms with E-state index in [1.54, 1.807) is 39.0 Å². The molecule has 2 aromatic rings. The fourth-order valence-corrected chi connectivity index (χ4v) is 5.85. The van der Waals surface area contributed by atoms with Gasteiger partial charge in [0.1, 0.15) is 6.17 Å². The second-order valence-electron chi connectivity index (χ2n) is 8.80. The molecule has 0 bridgehead atoms. The highest BCUT2D eigenvalue weighted by Gasteiger charge is 2.47. The van der Waals surface area contributed by atoms with Gasteiger partial charge in [0.25, 0.3) is 11.8 Å². The number of piperazine rings is 1. The Morgan fingerprint density at radius 3 is 2.26 bits per heavy atom. The Morgan fingerprint density at radius 1 is 0.912 bits per heavy atom. The Bertz CT molecular complexity index is 1270. The molecule has 5 rings (SSSR count). The van der Waals surface area contributed by atoms with Crippen molar-refractivity contribution < 1.29 is 22.8 Å². The normalized spacial score (nSPS) is 20.3. The van der Waals surface area contributed by atoms with E-state index in [9.17, 15) is 22.8 Å². The molecule has 0 aliphatic carbocycles. The summed E-state index contributed by atoms with van der Waals surface area (Å²) in [6.07, 6.45) is 1.33. The number of nitrogens with zero attached hydrogens (tertiary/aromatic N) is 4. The van der Waals surface area contributed by atoms with Crippen LogP contribution < -0.4 is 4.90 Å². The Kier molecular flexibility index (Phi) is 5.65. The Hall–Kier alpha value is -3.24. The summed E-state index contributed by atoms with van der Waals surface area (Å²) in [5.74, 6) is -0.348. The van der Waals surface area contributed by atoms with Crippen molar-refractivity contribution in [2.75, 3.05) is 43.9 Å². The largest absolute Gasteiger partial charge is 0.340 e. The zero-order valence-electron chi connectivity index (χ0n) is 18.9. The zero-order valence-corrected chi connectivity index (χ0v) is 19.7. The van der Waals surface area contributed by atoms with E-state index in [-0.39, 0.29) is 24.1 Å². The summed E-state index contributed by atoms with van der Waals surface area (Å²) in [5, 5.41) is 0. The molecule has 9 nitrogen and oxygen atoms in total. The predicted molar refractivity (Wildman–Crippen MR) is 126 cm³/mol. The molecule has 2 aromatic carbocycles. The number of rotatable bonds is 5. The van der Waals surface area contributed by atoms with Crippen LogP contribution in [0.3, 0.4) is 0 Å². The van der Waals surface area contributed by atoms with Crippen LogP contribution in [0.2, 0.25) is 0 Å². The molecule has 0 unspecified atom stereocenters. The number of fused-ring (bicyclic) bond motifs is 5. The van der Waals surface area contributed by atoms with Crippen molar-refractivity contribution in [3.63, 3.8) is 0 Å². The van der Waals surface area contributed by atoms with Gasteiger partial charge < -0.3 is 9.80 Å². The lowest BCUT2D eigenvalue weighted by Crippen LogP contribution is -2.50. The summed E-state index contributed by atoms with van der Waals surface area (Å²) in [5.41, 5.74) is 2.46. The van der Waals surface area contributed by atoms with Crippen LogP contribution in [-0.2, 0) is 14.8 Å². The van der Waals surface area contributed by atoms with Crippen LogP contribution in [0.1, 0.15) is 45.3 Å². The Morgan fingerprint density at radius 2 is 1.56 bits per heavy atom. The molecule has 34 heavy (non-hydrogen) atoms. The molecule has 0 spiro atoms. The average Bonchev–Trinajstić information content (AvgIpc) is 3.13. The van der Waals surface area contributed by atoms with Crippen molar-refractivity contribution in [1.82, 2.24) is 14.1 Å². The lowest BCUT2D eigenvalue weighted by atomic mass is 10.0. The number of anilines is 1. The summed E-state index contributed by atoms with van der Waals surface area (Å²) in [4.78, 5) is 44.4. The molecule has 10 heteroatoms. The number of amides is 3. The first-order valence-electron chi connectivity index (χ1n) is 11.3. The van der Waals surface area contributed by atoms with Crippen LogP contribution in [0.5, 0.6) is 0 Å². The number of hydrogen-bond donors (Lipinski definition) is 0. The van der Waals surface area contributed by atoms with E-state index in [4.69, 9.17) is 0 Å². The first-order valence-corrected chi connectivity index (χ1v) is 13.2. The van der Waals surface area contributed by atoms with Gasteiger partial charge in [-0.05, 0) is 24.6 Å². The maximum Gasteiger partial charge on any atom is 0.260 e. The summed E-state index contributed by atoms with van der Waals surface area (Å²) >= 11 is 0. The average molecular weight is 483 g/mol. The maximum atomic E-state index is 13.4. The van der Waals surface area contributed by atoms with Crippen molar-refractivity contribution >= 4 is 33.4 Å². The van der Waals surface area contributed by atoms with Crippen LogP contribution in [0.25, 0.3) is 0 Å². The topological polar surface area (TPSA) is 98.3 Å². The summed E-state index contributed by atoms with van der Waals surface area (Å²) in [6, 6.07) is 14.4. The fraction of sp³-hybridized carbons (Fsp3) is 0.375. The van der Waals surface area contributed by atoms with E-state index in [0.29, 0.717) is 56.0 Å². The molecule has 1 atom stereocenters. The molecule has 1 saturated heterocycles. The van der Waals surface area contributed by atoms with Gasteiger partial charge in [0.2, 0.25) is 15.9 Å². The van der Waals surface area contributed by atoms with Crippen molar-refractivity contribution in [1.29, 1.82) is 0 Å². The van der Waals surface area contributed by atoms with Gasteiger partial charge in [-0.1, -0.05) is 30.3 Å². The number of hydrogen-bond acceptors (Lipinski definition) is 5. The minimum Gasteiger partial charge on any atom is -0.340 e. The fourth-order valence-electron chi connectivity index (χ4n) is 5.03. The highest BCUT2D eigenvalue weighted by atomic mass is 32.2. The van der Waals surface area contributed by atoms with Crippen LogP contribution in [0.4, 0.5) is 5.69 Å². The van der Waals surface area contributed by atoms with Crippen LogP contribution >= 0.6 is 0 Å². The first kappa shape index (κ1) is 22.5. The summed E-state index contributed by atoms with van der Waals surface area (Å²) in [6.45, 7) is 1.63. The molecule has 1 fully saturated rings. The molecule has 0 N–H and O–H groups in total. The van der Waals surface area contributed by atoms with E-state index in [1.807, 2.05) is 24.3 Å². The highest BCUT2D eigenvalue weighted by Crippen LogP contribution is 2.45. The predicted octanol–water partition coefficient (Wildman–Crippen LogP) is 1.69. The Balaban J connectivity index is 1.31. The van der Waals surface area contributed by atoms with Crippen molar-refractivity contribution in [3.05, 3.63) is 65.2 Å². The lowest BCUT2D eigenvalue weighted by molar-refractivity contribution is -0.132. The zero-order chi connectivity index (χ0) is 24.0. The number of para-hydroxylation sites is 1. The third-order valence-corrected chi connectivity index (χ3v) is 8.04. The van der Waals surface area contributed by atoms with Gasteiger partial charge in [-0.3, -0.25) is 19.3 Å². The lowest BCUT2D eigenvalue weighted by Gasteiger charge is -2.41. The molecule has 3 heterocycles. The van der Waals surface area contributed by atoms with E-state index >= 15 is 0 Å². The summed E-state index contributed by atoms with van der Waals surface area (Å²) < 4.78 is 24.8. The molecular formula is C24H26N4O5S. The SMILES string of the molecule is CS(=O)(=O)N1CCN(C(=O)CCCN2C(=O)c3ccccc3N3C(=O)c4ccccc4[C@H]23)CC1. The van der Waals surface area contributed by atoms with E-state index < -0.39 is 16.2 Å². The summed E-state index contributed by atoms with van der Waals surface area (Å²) in [7, 11) is -3.26. The standard InChI is InChI=1S/C24H26N4O5S/c1-34(32,33)26-15-13-25(14-16-26)21(29)11-6-12-27-22-17-7-2-3-8-18(17)24(31)28(22)20-10-5-4-9-19(20)23(27)30/h2-5,7-10,22H,6,11-16H2,1H3/t22-/m1/s1. The minimum atomic E-state index is -3.26. The number of carbonyl (C=O) groups excluding carboxylic acids is 3. The van der Waals surface area contributed by atoms with Gasteiger partial charge in [0.05, 0.1) is 17.5 Å². The molecule has 0 aromatic heterocycles. The third kappa shape index (κ3) is 3.76. The van der Waals surface area contributed by atoms with E-state index in [0.717, 1.165) is 5.56 Å². The molecule has 3 aliphatic rings. The molecular weight excluding hydrogens is 456 g/mol. The van der Waals surface area contributed by atoms with Crippen molar-refractivity contribution in [2.24, 2.45) is 0 Å². The van der Waals surface area contributed by atoms with E-state index in [1.165, 1.54) is 10.6 Å². The number of sulfonamides is 1. The molecule has 178 valence electrons. The Labute approximate surface area is 198 Å². The third-order valence-electron chi connectivity index (χ3n) is 6.73. The molecule has 0 saturated carbocycles. The van der Waals surface area contributed by atoms with Gasteiger partial charge in [0, 0.05) is 50.3 Å². The first-order chi connectivity index (χ1) is 16.3. The minimum absolute atomic E-state index is 0.0576.